The number of carbonyl (C=O) groups is 2. The zero-order chi connectivity index (χ0) is 21.2. The fraction of sp³-hybridized carbons (Fsp3) is 0.550. The number of nitrogens with zero attached hydrogens (tertiary/aromatic N) is 3. The summed E-state index contributed by atoms with van der Waals surface area (Å²) in [6, 6.07) is 7.68. The number of amides is 2. The van der Waals surface area contributed by atoms with Crippen molar-refractivity contribution >= 4 is 29.6 Å². The molecule has 0 aromatic heterocycles. The lowest BCUT2D eigenvalue weighted by Crippen LogP contribution is -2.51. The highest BCUT2D eigenvalue weighted by molar-refractivity contribution is 6.30. The van der Waals surface area contributed by atoms with Crippen molar-refractivity contribution in [1.29, 1.82) is 0 Å². The molecule has 1 aliphatic heterocycles. The predicted octanol–water partition coefficient (Wildman–Crippen LogP) is 2.08. The van der Waals surface area contributed by atoms with Gasteiger partial charge < -0.3 is 25.2 Å². The number of likely N-dealkylation sites (tertiary alicyclic amines) is 1. The largest absolute Gasteiger partial charge is 0.450 e. The second kappa shape index (κ2) is 11.5. The maximum absolute atomic E-state index is 11.9. The Balaban J connectivity index is 1.96. The average Bonchev–Trinajstić information content (AvgIpc) is 2.70. The quantitative estimate of drug-likeness (QED) is 0.540. The number of likely N-dealkylation sites (N-methyl/N-ethyl adjacent to an activating group) is 1. The van der Waals surface area contributed by atoms with Crippen LogP contribution in [-0.4, -0.2) is 74.1 Å². The summed E-state index contributed by atoms with van der Waals surface area (Å²) in [4.78, 5) is 31.6. The maximum Gasteiger partial charge on any atom is 0.409 e. The summed E-state index contributed by atoms with van der Waals surface area (Å²) < 4.78 is 5.06. The van der Waals surface area contributed by atoms with Gasteiger partial charge in [-0.15, -0.1) is 0 Å². The SMILES string of the molecule is CCOC(=O)N1CCC(NC(=NCc2cccc(Cl)c2)NCC(=O)N(C)C)CC1. The monoisotopic (exact) mass is 423 g/mol. The maximum atomic E-state index is 11.9. The Morgan fingerprint density at radius 1 is 1.31 bits per heavy atom. The highest BCUT2D eigenvalue weighted by atomic mass is 35.5. The van der Waals surface area contributed by atoms with Crippen LogP contribution in [0.5, 0.6) is 0 Å². The first kappa shape index (κ1) is 22.8. The lowest BCUT2D eigenvalue weighted by molar-refractivity contribution is -0.127. The summed E-state index contributed by atoms with van der Waals surface area (Å²) in [7, 11) is 3.43. The number of rotatable bonds is 6. The van der Waals surface area contributed by atoms with E-state index in [4.69, 9.17) is 16.3 Å². The molecular formula is C20H30ClN5O3. The van der Waals surface area contributed by atoms with Gasteiger partial charge in [-0.1, -0.05) is 23.7 Å². The molecule has 0 atom stereocenters. The number of hydrogen-bond donors (Lipinski definition) is 2. The molecular weight excluding hydrogens is 394 g/mol. The van der Waals surface area contributed by atoms with E-state index in [-0.39, 0.29) is 24.6 Å². The van der Waals surface area contributed by atoms with Crippen molar-refractivity contribution in [3.8, 4) is 0 Å². The van der Waals surface area contributed by atoms with E-state index in [1.165, 1.54) is 4.90 Å². The average molecular weight is 424 g/mol. The number of halogens is 1. The number of piperidine rings is 1. The zero-order valence-corrected chi connectivity index (χ0v) is 18.0. The smallest absolute Gasteiger partial charge is 0.409 e. The lowest BCUT2D eigenvalue weighted by atomic mass is 10.1. The van der Waals surface area contributed by atoms with Gasteiger partial charge >= 0.3 is 6.09 Å². The van der Waals surface area contributed by atoms with Gasteiger partial charge in [0, 0.05) is 38.2 Å². The van der Waals surface area contributed by atoms with E-state index < -0.39 is 0 Å². The van der Waals surface area contributed by atoms with Crippen molar-refractivity contribution in [3.63, 3.8) is 0 Å². The molecule has 9 heteroatoms. The van der Waals surface area contributed by atoms with E-state index in [2.05, 4.69) is 15.6 Å². The van der Waals surface area contributed by atoms with E-state index in [0.717, 1.165) is 18.4 Å². The van der Waals surface area contributed by atoms with Crippen molar-refractivity contribution in [2.75, 3.05) is 40.3 Å². The predicted molar refractivity (Wildman–Crippen MR) is 114 cm³/mol. The van der Waals surface area contributed by atoms with Crippen LogP contribution in [0.1, 0.15) is 25.3 Å². The van der Waals surface area contributed by atoms with E-state index in [1.807, 2.05) is 24.3 Å². The molecule has 1 aliphatic rings. The summed E-state index contributed by atoms with van der Waals surface area (Å²) in [5.41, 5.74) is 0.981. The van der Waals surface area contributed by atoms with Gasteiger partial charge in [0.05, 0.1) is 19.7 Å². The highest BCUT2D eigenvalue weighted by Crippen LogP contribution is 2.13. The highest BCUT2D eigenvalue weighted by Gasteiger charge is 2.24. The Kier molecular flexibility index (Phi) is 9.05. The number of hydrogen-bond acceptors (Lipinski definition) is 4. The minimum atomic E-state index is -0.268. The number of aliphatic imine (C=N–C) groups is 1. The molecule has 1 fully saturated rings. The Labute approximate surface area is 177 Å². The Bertz CT molecular complexity index is 718. The van der Waals surface area contributed by atoms with Crippen LogP contribution in [0.4, 0.5) is 4.79 Å². The van der Waals surface area contributed by atoms with E-state index >= 15 is 0 Å². The summed E-state index contributed by atoms with van der Waals surface area (Å²) >= 11 is 6.04. The molecule has 8 nitrogen and oxygen atoms in total. The number of guanidine groups is 1. The van der Waals surface area contributed by atoms with Crippen molar-refractivity contribution in [2.45, 2.75) is 32.4 Å². The van der Waals surface area contributed by atoms with Crippen LogP contribution < -0.4 is 10.6 Å². The molecule has 160 valence electrons. The molecule has 2 rings (SSSR count). The number of carbonyl (C=O) groups excluding carboxylic acids is 2. The summed E-state index contributed by atoms with van der Waals surface area (Å²) in [5, 5.41) is 7.14. The van der Waals surface area contributed by atoms with Crippen LogP contribution in [0.2, 0.25) is 5.02 Å². The molecule has 0 spiro atoms. The molecule has 1 saturated heterocycles. The lowest BCUT2D eigenvalue weighted by Gasteiger charge is -2.32. The minimum Gasteiger partial charge on any atom is -0.450 e. The number of ether oxygens (including phenoxy) is 1. The fourth-order valence-electron chi connectivity index (χ4n) is 2.89. The van der Waals surface area contributed by atoms with Gasteiger partial charge in [-0.2, -0.15) is 0 Å². The normalized spacial score (nSPS) is 15.0. The Morgan fingerprint density at radius 3 is 2.66 bits per heavy atom. The first-order chi connectivity index (χ1) is 13.9. The summed E-state index contributed by atoms with van der Waals surface area (Å²) in [5.74, 6) is 0.522. The number of nitrogens with one attached hydrogen (secondary N) is 2. The van der Waals surface area contributed by atoms with Gasteiger partial charge in [0.25, 0.3) is 0 Å². The third-order valence-corrected chi connectivity index (χ3v) is 4.81. The molecule has 0 saturated carbocycles. The number of benzene rings is 1. The zero-order valence-electron chi connectivity index (χ0n) is 17.3. The molecule has 0 bridgehead atoms. The summed E-state index contributed by atoms with van der Waals surface area (Å²) in [6.45, 7) is 4.00. The van der Waals surface area contributed by atoms with Crippen LogP contribution in [-0.2, 0) is 16.1 Å². The molecule has 2 N–H and O–H groups in total. The van der Waals surface area contributed by atoms with Crippen molar-refractivity contribution < 1.29 is 14.3 Å². The molecule has 0 radical (unpaired) electrons. The molecule has 0 aliphatic carbocycles. The van der Waals surface area contributed by atoms with E-state index in [0.29, 0.717) is 37.2 Å². The molecule has 29 heavy (non-hydrogen) atoms. The molecule has 0 unspecified atom stereocenters. The van der Waals surface area contributed by atoms with E-state index in [1.54, 1.807) is 25.9 Å². The van der Waals surface area contributed by atoms with Crippen LogP contribution in [0.25, 0.3) is 0 Å². The standard InChI is InChI=1S/C20H30ClN5O3/c1-4-29-20(28)26-10-8-17(9-11-26)24-19(23-14-18(27)25(2)3)22-13-15-6-5-7-16(21)12-15/h5-7,12,17H,4,8-11,13-14H2,1-3H3,(H2,22,23,24). The first-order valence-corrected chi connectivity index (χ1v) is 10.2. The van der Waals surface area contributed by atoms with Crippen LogP contribution in [0.15, 0.2) is 29.3 Å². The molecule has 1 heterocycles. The topological polar surface area (TPSA) is 86.3 Å². The van der Waals surface area contributed by atoms with Crippen LogP contribution in [0.3, 0.4) is 0 Å². The first-order valence-electron chi connectivity index (χ1n) is 9.80. The third kappa shape index (κ3) is 7.81. The van der Waals surface area contributed by atoms with Gasteiger partial charge in [0.2, 0.25) is 5.91 Å². The molecule has 1 aromatic carbocycles. The van der Waals surface area contributed by atoms with Gasteiger partial charge in [0.15, 0.2) is 5.96 Å². The Morgan fingerprint density at radius 2 is 2.03 bits per heavy atom. The van der Waals surface area contributed by atoms with Crippen molar-refractivity contribution in [1.82, 2.24) is 20.4 Å². The molecule has 1 aromatic rings. The molecule has 2 amide bonds. The van der Waals surface area contributed by atoms with Crippen molar-refractivity contribution in [2.24, 2.45) is 4.99 Å². The van der Waals surface area contributed by atoms with Gasteiger partial charge in [0.1, 0.15) is 0 Å². The fourth-order valence-corrected chi connectivity index (χ4v) is 3.10. The van der Waals surface area contributed by atoms with E-state index in [9.17, 15) is 9.59 Å². The van der Waals surface area contributed by atoms with Crippen LogP contribution >= 0.6 is 11.6 Å². The van der Waals surface area contributed by atoms with Gasteiger partial charge in [-0.25, -0.2) is 9.79 Å². The third-order valence-electron chi connectivity index (χ3n) is 4.58. The minimum absolute atomic E-state index is 0.0422. The second-order valence-electron chi connectivity index (χ2n) is 7.04. The van der Waals surface area contributed by atoms with Gasteiger partial charge in [-0.05, 0) is 37.5 Å². The van der Waals surface area contributed by atoms with Crippen LogP contribution in [0, 0.1) is 0 Å². The summed E-state index contributed by atoms with van der Waals surface area (Å²) in [6.07, 6.45) is 1.28. The van der Waals surface area contributed by atoms with Crippen molar-refractivity contribution in [3.05, 3.63) is 34.9 Å². The Hall–Kier alpha value is -2.48. The second-order valence-corrected chi connectivity index (χ2v) is 7.48. The van der Waals surface area contributed by atoms with Gasteiger partial charge in [-0.3, -0.25) is 4.79 Å².